The second-order valence-electron chi connectivity index (χ2n) is 3.94. The van der Waals surface area contributed by atoms with Gasteiger partial charge in [-0.15, -0.1) is 0 Å². The fourth-order valence-corrected chi connectivity index (χ4v) is 0.796. The van der Waals surface area contributed by atoms with E-state index >= 15 is 0 Å². The SMILES string of the molecule is CC(C)(C)OC(=O)CCC(=O)OCC=O. The van der Waals surface area contributed by atoms with Gasteiger partial charge >= 0.3 is 11.9 Å². The monoisotopic (exact) mass is 216 g/mol. The molecule has 86 valence electrons. The van der Waals surface area contributed by atoms with E-state index in [9.17, 15) is 14.4 Å². The molecule has 0 spiro atoms. The molecule has 0 amide bonds. The lowest BCUT2D eigenvalue weighted by atomic mass is 10.2. The first-order valence-electron chi connectivity index (χ1n) is 4.66. The highest BCUT2D eigenvalue weighted by atomic mass is 16.6. The van der Waals surface area contributed by atoms with E-state index in [2.05, 4.69) is 4.74 Å². The quantitative estimate of drug-likeness (QED) is 0.503. The molecule has 0 fully saturated rings. The van der Waals surface area contributed by atoms with Gasteiger partial charge in [-0.05, 0) is 20.8 Å². The average Bonchev–Trinajstić information content (AvgIpc) is 2.08. The van der Waals surface area contributed by atoms with Crippen molar-refractivity contribution in [2.45, 2.75) is 39.2 Å². The third-order valence-corrected chi connectivity index (χ3v) is 1.27. The zero-order valence-electron chi connectivity index (χ0n) is 9.24. The molecule has 0 unspecified atom stereocenters. The van der Waals surface area contributed by atoms with Crippen LogP contribution in [0, 0.1) is 0 Å². The number of hydrogen-bond acceptors (Lipinski definition) is 5. The minimum absolute atomic E-state index is 0.0328. The van der Waals surface area contributed by atoms with Crippen LogP contribution in [0.1, 0.15) is 33.6 Å². The molecular formula is C10H16O5. The molecule has 5 heteroatoms. The maximum atomic E-state index is 11.1. The molecule has 0 saturated carbocycles. The maximum absolute atomic E-state index is 11.1. The van der Waals surface area contributed by atoms with Gasteiger partial charge in [0.05, 0.1) is 12.8 Å². The summed E-state index contributed by atoms with van der Waals surface area (Å²) >= 11 is 0. The van der Waals surface area contributed by atoms with E-state index in [0.29, 0.717) is 6.29 Å². The molecule has 0 aromatic heterocycles. The van der Waals surface area contributed by atoms with Crippen LogP contribution in [0.25, 0.3) is 0 Å². The second-order valence-corrected chi connectivity index (χ2v) is 3.94. The summed E-state index contributed by atoms with van der Waals surface area (Å²) in [6.45, 7) is 4.97. The summed E-state index contributed by atoms with van der Waals surface area (Å²) in [5, 5.41) is 0. The number of ether oxygens (including phenoxy) is 2. The summed E-state index contributed by atoms with van der Waals surface area (Å²) in [5.74, 6) is -1.03. The first-order valence-corrected chi connectivity index (χ1v) is 4.66. The molecule has 15 heavy (non-hydrogen) atoms. The van der Waals surface area contributed by atoms with Crippen LogP contribution in [0.5, 0.6) is 0 Å². The van der Waals surface area contributed by atoms with E-state index in [1.807, 2.05) is 0 Å². The van der Waals surface area contributed by atoms with Crippen LogP contribution < -0.4 is 0 Å². The molecule has 0 aliphatic heterocycles. The van der Waals surface area contributed by atoms with E-state index in [0.717, 1.165) is 0 Å². The van der Waals surface area contributed by atoms with Gasteiger partial charge in [0.1, 0.15) is 12.2 Å². The molecule has 0 heterocycles. The minimum Gasteiger partial charge on any atom is -0.460 e. The zero-order valence-corrected chi connectivity index (χ0v) is 9.24. The molecule has 0 N–H and O–H groups in total. The Kier molecular flexibility index (Phi) is 5.59. The number of esters is 2. The fourth-order valence-electron chi connectivity index (χ4n) is 0.796. The van der Waals surface area contributed by atoms with Crippen molar-refractivity contribution in [1.29, 1.82) is 0 Å². The molecule has 0 aromatic carbocycles. The summed E-state index contributed by atoms with van der Waals surface area (Å²) in [5.41, 5.74) is -0.552. The Morgan fingerprint density at radius 2 is 1.67 bits per heavy atom. The minimum atomic E-state index is -0.576. The fraction of sp³-hybridized carbons (Fsp3) is 0.700. The Labute approximate surface area is 88.7 Å². The van der Waals surface area contributed by atoms with E-state index in [4.69, 9.17) is 4.74 Å². The highest BCUT2D eigenvalue weighted by molar-refractivity contribution is 5.78. The predicted octanol–water partition coefficient (Wildman–Crippen LogP) is 0.850. The Bertz CT molecular complexity index is 239. The van der Waals surface area contributed by atoms with Gasteiger partial charge in [-0.1, -0.05) is 0 Å². The molecule has 5 nitrogen and oxygen atoms in total. The number of aldehydes is 1. The van der Waals surface area contributed by atoms with Crippen molar-refractivity contribution in [3.8, 4) is 0 Å². The largest absolute Gasteiger partial charge is 0.460 e. The summed E-state index contributed by atoms with van der Waals surface area (Å²) in [6, 6.07) is 0. The van der Waals surface area contributed by atoms with E-state index < -0.39 is 17.5 Å². The highest BCUT2D eigenvalue weighted by Crippen LogP contribution is 2.09. The average molecular weight is 216 g/mol. The van der Waals surface area contributed by atoms with Gasteiger partial charge < -0.3 is 9.47 Å². The van der Waals surface area contributed by atoms with Crippen LogP contribution in [-0.2, 0) is 23.9 Å². The van der Waals surface area contributed by atoms with Crippen molar-refractivity contribution in [2.75, 3.05) is 6.61 Å². The van der Waals surface area contributed by atoms with Gasteiger partial charge in [-0.3, -0.25) is 14.4 Å². The molecule has 0 atom stereocenters. The molecule has 0 bridgehead atoms. The Morgan fingerprint density at radius 1 is 1.13 bits per heavy atom. The standard InChI is InChI=1S/C10H16O5/c1-10(2,3)15-9(13)5-4-8(12)14-7-6-11/h6H,4-5,7H2,1-3H3. The summed E-state index contributed by atoms with van der Waals surface area (Å²) in [4.78, 5) is 31.9. The van der Waals surface area contributed by atoms with Crippen molar-refractivity contribution >= 4 is 18.2 Å². The molecule has 0 saturated heterocycles. The third-order valence-electron chi connectivity index (χ3n) is 1.27. The first-order chi connectivity index (χ1) is 6.85. The summed E-state index contributed by atoms with van der Waals surface area (Å²) in [6.07, 6.45) is 0.378. The van der Waals surface area contributed by atoms with Gasteiger partial charge in [0, 0.05) is 0 Å². The lowest BCUT2D eigenvalue weighted by Crippen LogP contribution is -2.24. The first kappa shape index (κ1) is 13.6. The second kappa shape index (κ2) is 6.16. The van der Waals surface area contributed by atoms with Crippen LogP contribution >= 0.6 is 0 Å². The summed E-state index contributed by atoms with van der Waals surface area (Å²) in [7, 11) is 0. The van der Waals surface area contributed by atoms with Gasteiger partial charge in [0.2, 0.25) is 0 Å². The van der Waals surface area contributed by atoms with Crippen molar-refractivity contribution in [1.82, 2.24) is 0 Å². The number of carbonyl (C=O) groups excluding carboxylic acids is 3. The van der Waals surface area contributed by atoms with Crippen molar-refractivity contribution in [3.63, 3.8) is 0 Å². The predicted molar refractivity (Wildman–Crippen MR) is 52.1 cm³/mol. The van der Waals surface area contributed by atoms with E-state index in [1.165, 1.54) is 0 Å². The van der Waals surface area contributed by atoms with Crippen molar-refractivity contribution in [2.24, 2.45) is 0 Å². The lowest BCUT2D eigenvalue weighted by molar-refractivity contribution is -0.158. The Hall–Kier alpha value is -1.39. The molecule has 0 aliphatic carbocycles. The van der Waals surface area contributed by atoms with Crippen LogP contribution in [0.2, 0.25) is 0 Å². The number of rotatable bonds is 5. The topological polar surface area (TPSA) is 69.7 Å². The highest BCUT2D eigenvalue weighted by Gasteiger charge is 2.17. The number of hydrogen-bond donors (Lipinski definition) is 0. The Morgan fingerprint density at radius 3 is 2.13 bits per heavy atom. The lowest BCUT2D eigenvalue weighted by Gasteiger charge is -2.19. The smallest absolute Gasteiger partial charge is 0.306 e. The van der Waals surface area contributed by atoms with Crippen molar-refractivity contribution in [3.05, 3.63) is 0 Å². The molecule has 0 rings (SSSR count). The van der Waals surface area contributed by atoms with Crippen LogP contribution in [0.15, 0.2) is 0 Å². The summed E-state index contributed by atoms with van der Waals surface area (Å²) < 4.78 is 9.43. The third kappa shape index (κ3) is 8.93. The Balaban J connectivity index is 3.71. The normalized spacial score (nSPS) is 10.6. The maximum Gasteiger partial charge on any atom is 0.306 e. The van der Waals surface area contributed by atoms with Gasteiger partial charge in [0.25, 0.3) is 0 Å². The van der Waals surface area contributed by atoms with Crippen LogP contribution in [0.3, 0.4) is 0 Å². The molecule has 0 aromatic rings. The number of carbonyl (C=O) groups is 3. The molecule has 0 radical (unpaired) electrons. The van der Waals surface area contributed by atoms with Crippen LogP contribution in [-0.4, -0.2) is 30.4 Å². The van der Waals surface area contributed by atoms with Crippen molar-refractivity contribution < 1.29 is 23.9 Å². The zero-order chi connectivity index (χ0) is 11.9. The van der Waals surface area contributed by atoms with E-state index in [1.54, 1.807) is 20.8 Å². The van der Waals surface area contributed by atoms with E-state index in [-0.39, 0.29) is 19.4 Å². The van der Waals surface area contributed by atoms with Gasteiger partial charge in [0.15, 0.2) is 6.29 Å². The molecule has 0 aliphatic rings. The van der Waals surface area contributed by atoms with Crippen LogP contribution in [0.4, 0.5) is 0 Å². The molecular weight excluding hydrogens is 200 g/mol. The van der Waals surface area contributed by atoms with Gasteiger partial charge in [-0.25, -0.2) is 0 Å². The van der Waals surface area contributed by atoms with Gasteiger partial charge in [-0.2, -0.15) is 0 Å².